The third kappa shape index (κ3) is 1.73. The number of hydrogen-bond donors (Lipinski definition) is 3. The lowest BCUT2D eigenvalue weighted by Crippen LogP contribution is -1.97. The number of nitrogens with one attached hydrogen (secondary N) is 2. The van der Waals surface area contributed by atoms with E-state index in [4.69, 9.17) is 5.21 Å². The quantitative estimate of drug-likeness (QED) is 0.469. The first-order valence-corrected chi connectivity index (χ1v) is 3.49. The molecule has 1 rings (SSSR count). The van der Waals surface area contributed by atoms with Crippen LogP contribution in [0.25, 0.3) is 0 Å². The smallest absolute Gasteiger partial charge is 0.211 e. The highest BCUT2D eigenvalue weighted by molar-refractivity contribution is 5.74. The average Bonchev–Trinajstić information content (AvgIpc) is 2.09. The van der Waals surface area contributed by atoms with Gasteiger partial charge in [0.05, 0.1) is 5.69 Å². The number of anilines is 2. The lowest BCUT2D eigenvalue weighted by atomic mass is 10.2. The van der Waals surface area contributed by atoms with Crippen molar-refractivity contribution in [3.05, 3.63) is 23.8 Å². The van der Waals surface area contributed by atoms with Crippen LogP contribution in [0.2, 0.25) is 0 Å². The Kier molecular flexibility index (Phi) is 2.66. The van der Waals surface area contributed by atoms with Crippen LogP contribution in [0.4, 0.5) is 11.4 Å². The van der Waals surface area contributed by atoms with Crippen molar-refractivity contribution < 1.29 is 10.0 Å². The average molecular weight is 166 g/mol. The van der Waals surface area contributed by atoms with Gasteiger partial charge in [-0.3, -0.25) is 15.5 Å². The Bertz CT molecular complexity index is 286. The molecule has 3 N–H and O–H groups in total. The molecule has 0 fully saturated rings. The summed E-state index contributed by atoms with van der Waals surface area (Å²) >= 11 is 0. The summed E-state index contributed by atoms with van der Waals surface area (Å²) < 4.78 is 0. The largest absolute Gasteiger partial charge is 0.329 e. The maximum absolute atomic E-state index is 10.1. The van der Waals surface area contributed by atoms with Crippen molar-refractivity contribution in [3.8, 4) is 0 Å². The molecule has 64 valence electrons. The second-order valence-corrected chi connectivity index (χ2v) is 2.40. The molecular formula is C8H10N2O2. The molecule has 0 spiro atoms. The number of hydrogen-bond acceptors (Lipinski definition) is 3. The molecule has 0 heterocycles. The molecular weight excluding hydrogens is 156 g/mol. The molecule has 0 unspecified atom stereocenters. The highest BCUT2D eigenvalue weighted by Gasteiger charge is 1.97. The zero-order valence-corrected chi connectivity index (χ0v) is 6.66. The van der Waals surface area contributed by atoms with Gasteiger partial charge in [0.25, 0.3) is 0 Å². The van der Waals surface area contributed by atoms with Gasteiger partial charge in [0, 0.05) is 5.69 Å². The van der Waals surface area contributed by atoms with Gasteiger partial charge in [-0.2, -0.15) is 0 Å². The predicted octanol–water partition coefficient (Wildman–Crippen LogP) is 1.36. The van der Waals surface area contributed by atoms with E-state index in [0.29, 0.717) is 17.8 Å². The zero-order valence-electron chi connectivity index (χ0n) is 6.66. The van der Waals surface area contributed by atoms with Crippen LogP contribution in [-0.4, -0.2) is 11.6 Å². The molecule has 0 aliphatic heterocycles. The first kappa shape index (κ1) is 8.55. The minimum Gasteiger partial charge on any atom is -0.329 e. The van der Waals surface area contributed by atoms with Crippen molar-refractivity contribution in [1.29, 1.82) is 0 Å². The highest BCUT2D eigenvalue weighted by atomic mass is 16.5. The summed E-state index contributed by atoms with van der Waals surface area (Å²) in [4.78, 5) is 10.1. The van der Waals surface area contributed by atoms with E-state index in [1.807, 2.05) is 12.4 Å². The van der Waals surface area contributed by atoms with Crippen LogP contribution in [0.5, 0.6) is 0 Å². The van der Waals surface area contributed by atoms with Crippen LogP contribution < -0.4 is 10.8 Å². The minimum atomic E-state index is 0.585. The van der Waals surface area contributed by atoms with E-state index in [2.05, 4.69) is 5.32 Å². The number of rotatable bonds is 3. The third-order valence-corrected chi connectivity index (χ3v) is 1.58. The second-order valence-electron chi connectivity index (χ2n) is 2.40. The highest BCUT2D eigenvalue weighted by Crippen LogP contribution is 2.18. The fourth-order valence-corrected chi connectivity index (χ4v) is 0.900. The molecule has 0 saturated heterocycles. The van der Waals surface area contributed by atoms with Crippen molar-refractivity contribution in [3.63, 3.8) is 0 Å². The first-order chi connectivity index (χ1) is 5.77. The fraction of sp³-hybridized carbons (Fsp3) is 0.125. The lowest BCUT2D eigenvalue weighted by Gasteiger charge is -2.05. The molecule has 1 aromatic rings. The van der Waals surface area contributed by atoms with E-state index in [-0.39, 0.29) is 0 Å². The Balaban J connectivity index is 2.96. The fourth-order valence-electron chi connectivity index (χ4n) is 0.900. The van der Waals surface area contributed by atoms with Gasteiger partial charge < -0.3 is 5.32 Å². The van der Waals surface area contributed by atoms with Gasteiger partial charge in [-0.15, -0.1) is 0 Å². The summed E-state index contributed by atoms with van der Waals surface area (Å²) in [6.45, 7) is 1.85. The molecule has 12 heavy (non-hydrogen) atoms. The molecule has 0 aliphatic carbocycles. The Morgan fingerprint density at radius 2 is 2.25 bits per heavy atom. The SMILES string of the molecule is Cc1ccc(NC=O)cc1NO. The molecule has 0 aliphatic rings. The summed E-state index contributed by atoms with van der Waals surface area (Å²) in [6.07, 6.45) is 0.589. The molecule has 0 saturated carbocycles. The molecule has 1 amide bonds. The van der Waals surface area contributed by atoms with Gasteiger partial charge in [-0.1, -0.05) is 6.07 Å². The third-order valence-electron chi connectivity index (χ3n) is 1.58. The second kappa shape index (κ2) is 3.73. The molecule has 0 aromatic heterocycles. The van der Waals surface area contributed by atoms with E-state index in [1.54, 1.807) is 18.2 Å². The lowest BCUT2D eigenvalue weighted by molar-refractivity contribution is -0.105. The van der Waals surface area contributed by atoms with Crippen molar-refractivity contribution >= 4 is 17.8 Å². The summed E-state index contributed by atoms with van der Waals surface area (Å²) in [6, 6.07) is 5.19. The molecule has 4 nitrogen and oxygen atoms in total. The van der Waals surface area contributed by atoms with Crippen molar-refractivity contribution in [2.24, 2.45) is 0 Å². The minimum absolute atomic E-state index is 0.585. The standard InChI is InChI=1S/C8H10N2O2/c1-6-2-3-7(9-5-11)4-8(6)10-12/h2-5,10,12H,1H3,(H,9,11). The van der Waals surface area contributed by atoms with E-state index in [0.717, 1.165) is 5.56 Å². The van der Waals surface area contributed by atoms with Gasteiger partial charge in [0.15, 0.2) is 0 Å². The number of carbonyl (C=O) groups is 1. The van der Waals surface area contributed by atoms with Gasteiger partial charge in [-0.25, -0.2) is 0 Å². The van der Waals surface area contributed by atoms with Crippen LogP contribution in [0.3, 0.4) is 0 Å². The Hall–Kier alpha value is -1.55. The Morgan fingerprint density at radius 1 is 1.50 bits per heavy atom. The molecule has 1 aromatic carbocycles. The number of benzene rings is 1. The van der Waals surface area contributed by atoms with Crippen LogP contribution in [0.15, 0.2) is 18.2 Å². The van der Waals surface area contributed by atoms with Crippen LogP contribution in [-0.2, 0) is 4.79 Å². The van der Waals surface area contributed by atoms with Gasteiger partial charge in [0.2, 0.25) is 6.41 Å². The summed E-state index contributed by atoms with van der Waals surface area (Å²) in [5.74, 6) is 0. The summed E-state index contributed by atoms with van der Waals surface area (Å²) in [5, 5.41) is 11.1. The van der Waals surface area contributed by atoms with Crippen LogP contribution >= 0.6 is 0 Å². The summed E-state index contributed by atoms with van der Waals surface area (Å²) in [7, 11) is 0. The number of carbonyl (C=O) groups excluding carboxylic acids is 1. The van der Waals surface area contributed by atoms with Gasteiger partial charge >= 0.3 is 0 Å². The number of aryl methyl sites for hydroxylation is 1. The first-order valence-electron chi connectivity index (χ1n) is 3.49. The summed E-state index contributed by atoms with van der Waals surface area (Å²) in [5.41, 5.74) is 4.18. The normalized spacial score (nSPS) is 9.17. The Labute approximate surface area is 70.2 Å². The van der Waals surface area contributed by atoms with Crippen LogP contribution in [0, 0.1) is 6.92 Å². The molecule has 0 radical (unpaired) electrons. The van der Waals surface area contributed by atoms with Gasteiger partial charge in [0.1, 0.15) is 0 Å². The Morgan fingerprint density at radius 3 is 2.83 bits per heavy atom. The van der Waals surface area contributed by atoms with Gasteiger partial charge in [-0.05, 0) is 24.6 Å². The van der Waals surface area contributed by atoms with Crippen molar-refractivity contribution in [2.75, 3.05) is 10.8 Å². The zero-order chi connectivity index (χ0) is 8.97. The predicted molar refractivity (Wildman–Crippen MR) is 46.3 cm³/mol. The molecule has 0 bridgehead atoms. The van der Waals surface area contributed by atoms with Crippen molar-refractivity contribution in [1.82, 2.24) is 0 Å². The van der Waals surface area contributed by atoms with E-state index in [1.165, 1.54) is 0 Å². The van der Waals surface area contributed by atoms with Crippen LogP contribution in [0.1, 0.15) is 5.56 Å². The monoisotopic (exact) mass is 166 g/mol. The van der Waals surface area contributed by atoms with E-state index in [9.17, 15) is 4.79 Å². The molecule has 0 atom stereocenters. The maximum Gasteiger partial charge on any atom is 0.211 e. The topological polar surface area (TPSA) is 61.4 Å². The maximum atomic E-state index is 10.1. The number of amides is 1. The van der Waals surface area contributed by atoms with E-state index >= 15 is 0 Å². The van der Waals surface area contributed by atoms with Crippen molar-refractivity contribution in [2.45, 2.75) is 6.92 Å². The van der Waals surface area contributed by atoms with E-state index < -0.39 is 0 Å². The molecule has 4 heteroatoms.